The summed E-state index contributed by atoms with van der Waals surface area (Å²) in [6.45, 7) is 1.85. The van der Waals surface area contributed by atoms with Gasteiger partial charge in [-0.05, 0) is 36.8 Å². The second kappa shape index (κ2) is 13.1. The number of aryl methyl sites for hydroxylation is 1. The van der Waals surface area contributed by atoms with E-state index in [4.69, 9.17) is 4.74 Å². The first-order valence-electron chi connectivity index (χ1n) is 6.86. The van der Waals surface area contributed by atoms with E-state index in [2.05, 4.69) is 34.0 Å². The van der Waals surface area contributed by atoms with E-state index in [0.29, 0.717) is 0 Å². The second-order valence-electron chi connectivity index (χ2n) is 4.37. The topological polar surface area (TPSA) is 45.7 Å². The Morgan fingerprint density at radius 3 is 2.71 bits per heavy atom. The molecule has 6 heteroatoms. The summed E-state index contributed by atoms with van der Waals surface area (Å²) in [5.74, 6) is 2.89. The molecule has 4 nitrogen and oxygen atoms in total. The lowest BCUT2D eigenvalue weighted by Gasteiger charge is -2.11. The fourth-order valence-electron chi connectivity index (χ4n) is 1.82. The lowest BCUT2D eigenvalue weighted by atomic mass is 10.1. The number of nitrogens with one attached hydrogen (secondary N) is 2. The standard InChI is InChI=1S/C15H25N3OS.HI/c1-16-15(18-10-11-20-3)17-9-5-7-13-6-4-8-14(12-13)19-2;/h4,6,8,12H,5,7,9-11H2,1-3H3,(H2,16,17,18);1H. The first-order valence-corrected chi connectivity index (χ1v) is 8.26. The summed E-state index contributed by atoms with van der Waals surface area (Å²) in [5.41, 5.74) is 1.30. The van der Waals surface area contributed by atoms with E-state index in [1.165, 1.54) is 5.56 Å². The summed E-state index contributed by atoms with van der Waals surface area (Å²) in [7, 11) is 3.50. The highest BCUT2D eigenvalue weighted by Gasteiger charge is 1.98. The molecule has 0 atom stereocenters. The summed E-state index contributed by atoms with van der Waals surface area (Å²) in [5, 5.41) is 6.61. The van der Waals surface area contributed by atoms with E-state index in [1.807, 2.05) is 23.9 Å². The Balaban J connectivity index is 0.00000400. The quantitative estimate of drug-likeness (QED) is 0.292. The van der Waals surface area contributed by atoms with Gasteiger partial charge in [-0.1, -0.05) is 12.1 Å². The number of methoxy groups -OCH3 is 1. The molecule has 0 saturated heterocycles. The fourth-order valence-corrected chi connectivity index (χ4v) is 2.13. The van der Waals surface area contributed by atoms with E-state index in [-0.39, 0.29) is 24.0 Å². The molecule has 0 aliphatic heterocycles. The normalized spacial score (nSPS) is 10.7. The highest BCUT2D eigenvalue weighted by molar-refractivity contribution is 14.0. The Morgan fingerprint density at radius 2 is 2.05 bits per heavy atom. The number of hydrogen-bond acceptors (Lipinski definition) is 3. The third-order valence-corrected chi connectivity index (χ3v) is 3.50. The lowest BCUT2D eigenvalue weighted by Crippen LogP contribution is -2.38. The molecule has 0 amide bonds. The average Bonchev–Trinajstić information content (AvgIpc) is 2.50. The predicted molar refractivity (Wildman–Crippen MR) is 104 cm³/mol. The van der Waals surface area contributed by atoms with Gasteiger partial charge in [0.15, 0.2) is 5.96 Å². The Morgan fingerprint density at radius 1 is 1.29 bits per heavy atom. The van der Waals surface area contributed by atoms with E-state index >= 15 is 0 Å². The summed E-state index contributed by atoms with van der Waals surface area (Å²) in [6.07, 6.45) is 4.20. The Kier molecular flexibility index (Phi) is 12.7. The minimum Gasteiger partial charge on any atom is -0.497 e. The van der Waals surface area contributed by atoms with Crippen LogP contribution in [0.25, 0.3) is 0 Å². The van der Waals surface area contributed by atoms with Crippen molar-refractivity contribution in [2.75, 3.05) is 39.3 Å². The molecule has 0 radical (unpaired) electrons. The molecule has 2 N–H and O–H groups in total. The van der Waals surface area contributed by atoms with Crippen molar-refractivity contribution in [1.29, 1.82) is 0 Å². The molecule has 1 aromatic rings. The Hall–Kier alpha value is -0.630. The number of ether oxygens (including phenoxy) is 1. The molecule has 1 aromatic carbocycles. The number of hydrogen-bond donors (Lipinski definition) is 2. The van der Waals surface area contributed by atoms with Crippen molar-refractivity contribution in [2.24, 2.45) is 4.99 Å². The smallest absolute Gasteiger partial charge is 0.191 e. The van der Waals surface area contributed by atoms with E-state index < -0.39 is 0 Å². The van der Waals surface area contributed by atoms with Gasteiger partial charge in [0, 0.05) is 25.9 Å². The highest BCUT2D eigenvalue weighted by atomic mass is 127. The Bertz CT molecular complexity index is 416. The molecule has 120 valence electrons. The van der Waals surface area contributed by atoms with Gasteiger partial charge in [-0.25, -0.2) is 0 Å². The molecule has 0 aromatic heterocycles. The predicted octanol–water partition coefficient (Wildman–Crippen LogP) is 2.77. The van der Waals surface area contributed by atoms with Crippen LogP contribution in [-0.2, 0) is 6.42 Å². The van der Waals surface area contributed by atoms with Gasteiger partial charge in [0.05, 0.1) is 7.11 Å². The third-order valence-electron chi connectivity index (χ3n) is 2.89. The summed E-state index contributed by atoms with van der Waals surface area (Å²) in [4.78, 5) is 4.20. The van der Waals surface area contributed by atoms with Crippen LogP contribution in [0.4, 0.5) is 0 Å². The number of nitrogens with zero attached hydrogens (tertiary/aromatic N) is 1. The molecule has 0 fully saturated rings. The molecule has 0 heterocycles. The van der Waals surface area contributed by atoms with Gasteiger partial charge >= 0.3 is 0 Å². The highest BCUT2D eigenvalue weighted by Crippen LogP contribution is 2.13. The largest absolute Gasteiger partial charge is 0.497 e. The first-order chi connectivity index (χ1) is 9.80. The summed E-state index contributed by atoms with van der Waals surface area (Å²) >= 11 is 1.83. The maximum atomic E-state index is 5.22. The van der Waals surface area contributed by atoms with Crippen LogP contribution >= 0.6 is 35.7 Å². The first kappa shape index (κ1) is 20.4. The minimum absolute atomic E-state index is 0. The maximum Gasteiger partial charge on any atom is 0.191 e. The molecule has 0 unspecified atom stereocenters. The Labute approximate surface area is 149 Å². The maximum absolute atomic E-state index is 5.22. The lowest BCUT2D eigenvalue weighted by molar-refractivity contribution is 0.414. The van der Waals surface area contributed by atoms with Gasteiger partial charge < -0.3 is 15.4 Å². The number of rotatable bonds is 8. The van der Waals surface area contributed by atoms with Gasteiger partial charge in [-0.3, -0.25) is 4.99 Å². The van der Waals surface area contributed by atoms with E-state index in [1.54, 1.807) is 14.2 Å². The van der Waals surface area contributed by atoms with Crippen LogP contribution in [0, 0.1) is 0 Å². The van der Waals surface area contributed by atoms with Crippen molar-refractivity contribution in [3.63, 3.8) is 0 Å². The number of aliphatic imine (C=N–C) groups is 1. The number of thioether (sulfide) groups is 1. The zero-order valence-electron chi connectivity index (χ0n) is 13.0. The second-order valence-corrected chi connectivity index (χ2v) is 5.36. The SMILES string of the molecule is CN=C(NCCCc1cccc(OC)c1)NCCSC.I. The van der Waals surface area contributed by atoms with Gasteiger partial charge in [0.25, 0.3) is 0 Å². The van der Waals surface area contributed by atoms with Gasteiger partial charge in [0.2, 0.25) is 0 Å². The molecule has 1 rings (SSSR count). The van der Waals surface area contributed by atoms with Crippen LogP contribution in [0.1, 0.15) is 12.0 Å². The molecule has 0 spiro atoms. The number of guanidine groups is 1. The zero-order valence-corrected chi connectivity index (χ0v) is 16.2. The fraction of sp³-hybridized carbons (Fsp3) is 0.533. The zero-order chi connectivity index (χ0) is 14.6. The van der Waals surface area contributed by atoms with Crippen molar-refractivity contribution in [3.8, 4) is 5.75 Å². The van der Waals surface area contributed by atoms with Crippen LogP contribution in [0.15, 0.2) is 29.3 Å². The van der Waals surface area contributed by atoms with E-state index in [9.17, 15) is 0 Å². The molecular weight excluding hydrogens is 397 g/mol. The van der Waals surface area contributed by atoms with Crippen LogP contribution in [-0.4, -0.2) is 45.2 Å². The monoisotopic (exact) mass is 423 g/mol. The third kappa shape index (κ3) is 9.08. The molecule has 0 aliphatic carbocycles. The number of halogens is 1. The van der Waals surface area contributed by atoms with Gasteiger partial charge in [0.1, 0.15) is 5.75 Å². The minimum atomic E-state index is 0. The van der Waals surface area contributed by atoms with Crippen LogP contribution < -0.4 is 15.4 Å². The van der Waals surface area contributed by atoms with Crippen molar-refractivity contribution in [3.05, 3.63) is 29.8 Å². The van der Waals surface area contributed by atoms with E-state index in [0.717, 1.165) is 43.4 Å². The van der Waals surface area contributed by atoms with Gasteiger partial charge in [-0.2, -0.15) is 11.8 Å². The van der Waals surface area contributed by atoms with Crippen LogP contribution in [0.3, 0.4) is 0 Å². The van der Waals surface area contributed by atoms with Crippen molar-refractivity contribution >= 4 is 41.7 Å². The van der Waals surface area contributed by atoms with Crippen molar-refractivity contribution in [1.82, 2.24) is 10.6 Å². The van der Waals surface area contributed by atoms with Crippen LogP contribution in [0.2, 0.25) is 0 Å². The average molecular weight is 423 g/mol. The molecular formula is C15H26IN3OS. The molecule has 21 heavy (non-hydrogen) atoms. The molecule has 0 saturated carbocycles. The van der Waals surface area contributed by atoms with Gasteiger partial charge in [-0.15, -0.1) is 24.0 Å². The van der Waals surface area contributed by atoms with Crippen molar-refractivity contribution < 1.29 is 4.74 Å². The van der Waals surface area contributed by atoms with Crippen LogP contribution in [0.5, 0.6) is 5.75 Å². The van der Waals surface area contributed by atoms with Crippen molar-refractivity contribution in [2.45, 2.75) is 12.8 Å². The molecule has 0 aliphatic rings. The summed E-state index contributed by atoms with van der Waals surface area (Å²) in [6, 6.07) is 8.23. The number of benzene rings is 1. The molecule has 0 bridgehead atoms. The summed E-state index contributed by atoms with van der Waals surface area (Å²) < 4.78 is 5.22.